The molecule has 3 aromatic carbocycles. The molecule has 3 aromatic rings. The average Bonchev–Trinajstić information content (AvgIpc) is 3.08. The van der Waals surface area contributed by atoms with Gasteiger partial charge in [0.1, 0.15) is 23.1 Å². The molecule has 0 unspecified atom stereocenters. The molecule has 1 heterocycles. The van der Waals surface area contributed by atoms with Crippen molar-refractivity contribution in [1.29, 1.82) is 0 Å². The van der Waals surface area contributed by atoms with E-state index in [2.05, 4.69) is 0 Å². The molecule has 0 spiro atoms. The number of carbonyl (C=O) groups is 2. The number of hydrogen-bond acceptors (Lipinski definition) is 5. The molecule has 6 heteroatoms. The summed E-state index contributed by atoms with van der Waals surface area (Å²) in [6.45, 7) is 4.19. The van der Waals surface area contributed by atoms with Crippen LogP contribution >= 0.6 is 0 Å². The van der Waals surface area contributed by atoms with Crippen LogP contribution in [0.15, 0.2) is 66.4 Å². The summed E-state index contributed by atoms with van der Waals surface area (Å²) >= 11 is 0. The number of benzene rings is 3. The van der Waals surface area contributed by atoms with E-state index in [1.807, 2.05) is 31.2 Å². The molecule has 0 atom stereocenters. The molecule has 1 aliphatic rings. The number of esters is 1. The molecule has 0 saturated carbocycles. The lowest BCUT2D eigenvalue weighted by Gasteiger charge is -2.10. The Morgan fingerprint density at radius 2 is 1.74 bits per heavy atom. The van der Waals surface area contributed by atoms with Gasteiger partial charge >= 0.3 is 5.97 Å². The quantitative estimate of drug-likeness (QED) is 0.317. The minimum Gasteiger partial charge on any atom is -0.494 e. The number of ether oxygens (including phenoxy) is 3. The fraction of sp³-hybridized carbons (Fsp3) is 0.120. The topological polar surface area (TPSA) is 61.8 Å². The molecule has 0 aliphatic carbocycles. The number of Topliss-reactive ketones (excluding diaryl/α,β-unsaturated/α-hetero) is 1. The van der Waals surface area contributed by atoms with Gasteiger partial charge in [-0.05, 0) is 74.0 Å². The zero-order valence-electron chi connectivity index (χ0n) is 17.0. The molecule has 0 saturated heterocycles. The number of fused-ring (bicyclic) bond motifs is 1. The highest BCUT2D eigenvalue weighted by Crippen LogP contribution is 2.39. The first kappa shape index (κ1) is 20.3. The molecule has 0 amide bonds. The number of rotatable bonds is 5. The molecule has 4 rings (SSSR count). The second kappa shape index (κ2) is 8.44. The van der Waals surface area contributed by atoms with Crippen molar-refractivity contribution >= 4 is 17.8 Å². The van der Waals surface area contributed by atoms with Crippen LogP contribution in [0.4, 0.5) is 4.39 Å². The second-order valence-corrected chi connectivity index (χ2v) is 6.90. The van der Waals surface area contributed by atoms with Gasteiger partial charge in [0.15, 0.2) is 5.76 Å². The maximum absolute atomic E-state index is 13.1. The first-order valence-corrected chi connectivity index (χ1v) is 9.74. The molecule has 0 radical (unpaired) electrons. The molecule has 0 N–H and O–H groups in total. The molecule has 1 aliphatic heterocycles. The van der Waals surface area contributed by atoms with Gasteiger partial charge < -0.3 is 14.2 Å². The van der Waals surface area contributed by atoms with E-state index in [1.54, 1.807) is 25.1 Å². The van der Waals surface area contributed by atoms with E-state index >= 15 is 0 Å². The Morgan fingerprint density at radius 1 is 1.03 bits per heavy atom. The Hall–Kier alpha value is -3.93. The van der Waals surface area contributed by atoms with Crippen molar-refractivity contribution in [2.45, 2.75) is 13.8 Å². The van der Waals surface area contributed by atoms with Crippen molar-refractivity contribution < 1.29 is 28.2 Å². The van der Waals surface area contributed by atoms with E-state index in [0.717, 1.165) is 11.3 Å². The Labute approximate surface area is 178 Å². The van der Waals surface area contributed by atoms with Crippen LogP contribution in [0, 0.1) is 12.7 Å². The Morgan fingerprint density at radius 3 is 2.42 bits per heavy atom. The average molecular weight is 418 g/mol. The van der Waals surface area contributed by atoms with E-state index in [1.165, 1.54) is 24.3 Å². The van der Waals surface area contributed by atoms with Crippen LogP contribution in [0.2, 0.25) is 0 Å². The number of ketones is 1. The Bertz CT molecular complexity index is 1180. The number of hydrogen-bond donors (Lipinski definition) is 0. The Balaban J connectivity index is 1.56. The highest BCUT2D eigenvalue weighted by atomic mass is 19.1. The van der Waals surface area contributed by atoms with Crippen molar-refractivity contribution in [3.63, 3.8) is 0 Å². The third-order valence-electron chi connectivity index (χ3n) is 4.81. The molecule has 0 fully saturated rings. The summed E-state index contributed by atoms with van der Waals surface area (Å²) in [7, 11) is 0. The Kier molecular flexibility index (Phi) is 5.54. The summed E-state index contributed by atoms with van der Waals surface area (Å²) in [6, 6.07) is 15.5. The van der Waals surface area contributed by atoms with E-state index in [4.69, 9.17) is 14.2 Å². The van der Waals surface area contributed by atoms with E-state index in [-0.39, 0.29) is 22.9 Å². The van der Waals surface area contributed by atoms with Crippen LogP contribution in [-0.2, 0) is 0 Å². The van der Waals surface area contributed by atoms with Crippen LogP contribution in [0.5, 0.6) is 17.2 Å². The molecule has 156 valence electrons. The minimum absolute atomic E-state index is 0.185. The largest absolute Gasteiger partial charge is 0.494 e. The van der Waals surface area contributed by atoms with Crippen molar-refractivity contribution in [1.82, 2.24) is 0 Å². The van der Waals surface area contributed by atoms with Crippen molar-refractivity contribution in [3.05, 3.63) is 94.5 Å². The third kappa shape index (κ3) is 4.19. The van der Waals surface area contributed by atoms with E-state index < -0.39 is 11.8 Å². The third-order valence-corrected chi connectivity index (χ3v) is 4.81. The van der Waals surface area contributed by atoms with Gasteiger partial charge in [-0.15, -0.1) is 0 Å². The predicted molar refractivity (Wildman–Crippen MR) is 113 cm³/mol. The smallest absolute Gasteiger partial charge is 0.343 e. The van der Waals surface area contributed by atoms with Crippen molar-refractivity contribution in [3.8, 4) is 17.2 Å². The summed E-state index contributed by atoms with van der Waals surface area (Å²) < 4.78 is 29.7. The van der Waals surface area contributed by atoms with Gasteiger partial charge in [-0.25, -0.2) is 9.18 Å². The van der Waals surface area contributed by atoms with Crippen LogP contribution in [0.3, 0.4) is 0 Å². The minimum atomic E-state index is -0.627. The fourth-order valence-electron chi connectivity index (χ4n) is 3.20. The standard InChI is InChI=1S/C25H19FO5/c1-3-29-19-10-4-16(5-11-19)14-22-23(27)20-12-13-21(15(2)24(20)30-22)31-25(28)17-6-8-18(26)9-7-17/h4-14H,3H2,1-2H3/b22-14-. The summed E-state index contributed by atoms with van der Waals surface area (Å²) in [5.74, 6) is 0.235. The van der Waals surface area contributed by atoms with Crippen LogP contribution in [-0.4, -0.2) is 18.4 Å². The predicted octanol–water partition coefficient (Wildman–Crippen LogP) is 5.37. The molecular weight excluding hydrogens is 399 g/mol. The van der Waals surface area contributed by atoms with Crippen LogP contribution < -0.4 is 14.2 Å². The molecular formula is C25H19FO5. The highest BCUT2D eigenvalue weighted by Gasteiger charge is 2.30. The number of carbonyl (C=O) groups excluding carboxylic acids is 2. The summed E-state index contributed by atoms with van der Waals surface area (Å²) in [6.07, 6.45) is 1.65. The van der Waals surface area contributed by atoms with E-state index in [0.29, 0.717) is 23.5 Å². The lowest BCUT2D eigenvalue weighted by molar-refractivity contribution is 0.0733. The zero-order valence-corrected chi connectivity index (χ0v) is 17.0. The highest BCUT2D eigenvalue weighted by molar-refractivity contribution is 6.15. The lowest BCUT2D eigenvalue weighted by Crippen LogP contribution is -2.09. The zero-order chi connectivity index (χ0) is 22.0. The normalized spacial score (nSPS) is 13.6. The molecule has 0 aromatic heterocycles. The van der Waals surface area contributed by atoms with Gasteiger partial charge in [0.05, 0.1) is 17.7 Å². The van der Waals surface area contributed by atoms with Crippen LogP contribution in [0.25, 0.3) is 6.08 Å². The fourth-order valence-corrected chi connectivity index (χ4v) is 3.20. The van der Waals surface area contributed by atoms with Gasteiger partial charge in [-0.1, -0.05) is 12.1 Å². The molecule has 31 heavy (non-hydrogen) atoms. The van der Waals surface area contributed by atoms with Gasteiger partial charge in [-0.3, -0.25) is 4.79 Å². The SMILES string of the molecule is CCOc1ccc(/C=C2\Oc3c(ccc(OC(=O)c4ccc(F)cc4)c3C)C2=O)cc1. The molecule has 5 nitrogen and oxygen atoms in total. The van der Waals surface area contributed by atoms with E-state index in [9.17, 15) is 14.0 Å². The van der Waals surface area contributed by atoms with Crippen LogP contribution in [0.1, 0.15) is 38.8 Å². The molecule has 0 bridgehead atoms. The van der Waals surface area contributed by atoms with Gasteiger partial charge in [0.2, 0.25) is 5.78 Å². The van der Waals surface area contributed by atoms with Crippen molar-refractivity contribution in [2.75, 3.05) is 6.61 Å². The summed E-state index contributed by atoms with van der Waals surface area (Å²) in [5.41, 5.74) is 1.93. The number of allylic oxidation sites excluding steroid dienone is 1. The summed E-state index contributed by atoms with van der Waals surface area (Å²) in [4.78, 5) is 25.1. The lowest BCUT2D eigenvalue weighted by atomic mass is 10.1. The monoisotopic (exact) mass is 418 g/mol. The number of halogens is 1. The first-order valence-electron chi connectivity index (χ1n) is 9.74. The summed E-state index contributed by atoms with van der Waals surface area (Å²) in [5, 5.41) is 0. The van der Waals surface area contributed by atoms with Crippen molar-refractivity contribution in [2.24, 2.45) is 0 Å². The second-order valence-electron chi connectivity index (χ2n) is 6.90. The van der Waals surface area contributed by atoms with Gasteiger partial charge in [-0.2, -0.15) is 0 Å². The first-order chi connectivity index (χ1) is 15.0. The van der Waals surface area contributed by atoms with Gasteiger partial charge in [0, 0.05) is 5.56 Å². The van der Waals surface area contributed by atoms with Gasteiger partial charge in [0.25, 0.3) is 0 Å². The maximum Gasteiger partial charge on any atom is 0.343 e. The maximum atomic E-state index is 13.1.